The number of anilines is 1. The molecule has 2 heterocycles. The van der Waals surface area contributed by atoms with Gasteiger partial charge in [0.05, 0.1) is 29.3 Å². The molecule has 0 bridgehead atoms. The summed E-state index contributed by atoms with van der Waals surface area (Å²) in [7, 11) is -2.16. The lowest BCUT2D eigenvalue weighted by molar-refractivity contribution is 0.0610. The van der Waals surface area contributed by atoms with Crippen LogP contribution in [0.25, 0.3) is 10.9 Å². The summed E-state index contributed by atoms with van der Waals surface area (Å²) in [6.45, 7) is 3.74. The first-order valence-electron chi connectivity index (χ1n) is 12.6. The highest BCUT2D eigenvalue weighted by Gasteiger charge is 2.26. The van der Waals surface area contributed by atoms with Gasteiger partial charge in [-0.1, -0.05) is 48.5 Å². The van der Waals surface area contributed by atoms with E-state index in [0.717, 1.165) is 29.6 Å². The molecule has 198 valence electrons. The number of para-hydroxylation sites is 2. The first kappa shape index (κ1) is 25.9. The number of nitrogens with zero attached hydrogens (tertiary/aromatic N) is 5. The van der Waals surface area contributed by atoms with Crippen molar-refractivity contribution in [1.29, 1.82) is 0 Å². The Morgan fingerprint density at radius 1 is 0.921 bits per heavy atom. The van der Waals surface area contributed by atoms with E-state index in [1.807, 2.05) is 35.2 Å². The second-order valence-electron chi connectivity index (χ2n) is 9.33. The number of benzene rings is 3. The Morgan fingerprint density at radius 3 is 2.26 bits per heavy atom. The lowest BCUT2D eigenvalue weighted by atomic mass is 10.1. The molecule has 0 saturated carbocycles. The van der Waals surface area contributed by atoms with Crippen LogP contribution in [0.15, 0.2) is 83.8 Å². The first-order chi connectivity index (χ1) is 18.4. The third kappa shape index (κ3) is 5.15. The molecule has 0 atom stereocenters. The highest BCUT2D eigenvalue weighted by atomic mass is 32.2. The Labute approximate surface area is 222 Å². The van der Waals surface area contributed by atoms with Gasteiger partial charge in [0, 0.05) is 45.2 Å². The van der Waals surface area contributed by atoms with E-state index in [9.17, 15) is 18.3 Å². The van der Waals surface area contributed by atoms with Crippen LogP contribution in [0.1, 0.15) is 16.1 Å². The quantitative estimate of drug-likeness (QED) is 0.374. The number of hydrogen-bond donors (Lipinski definition) is 1. The van der Waals surface area contributed by atoms with Gasteiger partial charge in [-0.15, -0.1) is 0 Å². The van der Waals surface area contributed by atoms with Gasteiger partial charge in [-0.3, -0.25) is 18.7 Å². The Hall–Kier alpha value is -3.73. The van der Waals surface area contributed by atoms with Crippen molar-refractivity contribution in [3.63, 3.8) is 0 Å². The first-order valence-corrected chi connectivity index (χ1v) is 14.0. The predicted octanol–water partition coefficient (Wildman–Crippen LogP) is 2.66. The number of aliphatic hydroxyl groups is 1. The van der Waals surface area contributed by atoms with E-state index in [4.69, 9.17) is 5.10 Å². The molecule has 10 heteroatoms. The van der Waals surface area contributed by atoms with Crippen molar-refractivity contribution in [3.8, 4) is 0 Å². The van der Waals surface area contributed by atoms with Gasteiger partial charge in [-0.05, 0) is 35.9 Å². The number of rotatable bonds is 8. The third-order valence-electron chi connectivity index (χ3n) is 6.97. The fourth-order valence-corrected chi connectivity index (χ4v) is 5.94. The molecule has 1 fully saturated rings. The summed E-state index contributed by atoms with van der Waals surface area (Å²) in [5.41, 5.74) is 2.72. The van der Waals surface area contributed by atoms with Crippen molar-refractivity contribution >= 4 is 32.5 Å². The topological polar surface area (TPSA) is 99.0 Å². The number of β-amino-alcohol motifs (C(OH)–C–C–N with tert-alkyl or cyclic N) is 1. The summed E-state index contributed by atoms with van der Waals surface area (Å²) in [4.78, 5) is 17.5. The molecule has 5 rings (SSSR count). The predicted molar refractivity (Wildman–Crippen MR) is 147 cm³/mol. The van der Waals surface area contributed by atoms with E-state index >= 15 is 0 Å². The molecule has 4 aromatic rings. The van der Waals surface area contributed by atoms with Crippen molar-refractivity contribution in [2.75, 3.05) is 50.7 Å². The van der Waals surface area contributed by atoms with E-state index in [1.165, 1.54) is 4.31 Å². The van der Waals surface area contributed by atoms with Crippen LogP contribution in [0.3, 0.4) is 0 Å². The van der Waals surface area contributed by atoms with Crippen LogP contribution in [0.4, 0.5) is 5.69 Å². The smallest absolute Gasteiger partial charge is 0.275 e. The van der Waals surface area contributed by atoms with Gasteiger partial charge >= 0.3 is 0 Å². The van der Waals surface area contributed by atoms with Crippen molar-refractivity contribution < 1.29 is 18.3 Å². The molecule has 1 aliphatic heterocycles. The van der Waals surface area contributed by atoms with Crippen molar-refractivity contribution in [2.45, 2.75) is 11.4 Å². The molecule has 9 nitrogen and oxygen atoms in total. The average molecular weight is 534 g/mol. The van der Waals surface area contributed by atoms with Gasteiger partial charge in [0.15, 0.2) is 5.69 Å². The van der Waals surface area contributed by atoms with Crippen LogP contribution in [-0.4, -0.2) is 85.4 Å². The summed E-state index contributed by atoms with van der Waals surface area (Å²) in [5.74, 6) is -0.103. The standard InChI is InChI=1S/C28H31N5O4S/c1-30(23-7-3-2-4-8-23)38(36,37)24-13-11-22(12-14-24)21-33-26-10-6-5-9-25(26)27(29-33)28(35)32-17-15-31(16-18-32)19-20-34/h2-14,34H,15-21H2,1H3. The van der Waals surface area contributed by atoms with Crippen molar-refractivity contribution in [2.24, 2.45) is 0 Å². The number of carbonyl (C=O) groups excluding carboxylic acids is 1. The van der Waals surface area contributed by atoms with Crippen LogP contribution >= 0.6 is 0 Å². The number of piperazine rings is 1. The number of fused-ring (bicyclic) bond motifs is 1. The molecule has 1 amide bonds. The molecule has 0 unspecified atom stereocenters. The lowest BCUT2D eigenvalue weighted by Gasteiger charge is -2.34. The van der Waals surface area contributed by atoms with Crippen LogP contribution in [0.2, 0.25) is 0 Å². The van der Waals surface area contributed by atoms with Crippen LogP contribution in [0.5, 0.6) is 0 Å². The van der Waals surface area contributed by atoms with Crippen molar-refractivity contribution in [1.82, 2.24) is 19.6 Å². The lowest BCUT2D eigenvalue weighted by Crippen LogP contribution is -2.49. The van der Waals surface area contributed by atoms with Crippen LogP contribution < -0.4 is 4.31 Å². The molecular weight excluding hydrogens is 502 g/mol. The van der Waals surface area contributed by atoms with Gasteiger partial charge in [0.25, 0.3) is 15.9 Å². The minimum absolute atomic E-state index is 0.103. The highest BCUT2D eigenvalue weighted by Crippen LogP contribution is 2.24. The third-order valence-corrected chi connectivity index (χ3v) is 8.77. The van der Waals surface area contributed by atoms with E-state index in [-0.39, 0.29) is 17.4 Å². The van der Waals surface area contributed by atoms with Crippen LogP contribution in [-0.2, 0) is 16.6 Å². The fourth-order valence-electron chi connectivity index (χ4n) is 4.75. The molecule has 1 saturated heterocycles. The van der Waals surface area contributed by atoms with Gasteiger partial charge in [-0.25, -0.2) is 8.42 Å². The molecule has 0 aliphatic carbocycles. The van der Waals surface area contributed by atoms with Gasteiger partial charge in [0.1, 0.15) is 0 Å². The molecular formula is C28H31N5O4S. The minimum Gasteiger partial charge on any atom is -0.395 e. The second-order valence-corrected chi connectivity index (χ2v) is 11.3. The molecule has 0 spiro atoms. The van der Waals surface area contributed by atoms with E-state index < -0.39 is 10.0 Å². The number of aliphatic hydroxyl groups excluding tert-OH is 1. The largest absolute Gasteiger partial charge is 0.395 e. The molecule has 3 aromatic carbocycles. The van der Waals surface area contributed by atoms with Gasteiger partial charge in [0.2, 0.25) is 0 Å². The summed E-state index contributed by atoms with van der Waals surface area (Å²) in [6.07, 6.45) is 0. The maximum atomic E-state index is 13.4. The molecule has 1 N–H and O–H groups in total. The average Bonchev–Trinajstić information content (AvgIpc) is 3.32. The number of aromatic nitrogens is 2. The monoisotopic (exact) mass is 533 g/mol. The number of carbonyl (C=O) groups is 1. The summed E-state index contributed by atoms with van der Waals surface area (Å²) in [6, 6.07) is 23.4. The summed E-state index contributed by atoms with van der Waals surface area (Å²) < 4.78 is 29.3. The molecule has 1 aliphatic rings. The zero-order chi connectivity index (χ0) is 26.7. The second kappa shape index (κ2) is 10.9. The van der Waals surface area contributed by atoms with Crippen molar-refractivity contribution in [3.05, 3.63) is 90.1 Å². The Kier molecular flexibility index (Phi) is 7.46. The minimum atomic E-state index is -3.70. The van der Waals surface area contributed by atoms with Gasteiger partial charge < -0.3 is 10.0 Å². The number of amides is 1. The molecule has 38 heavy (non-hydrogen) atoms. The van der Waals surface area contributed by atoms with E-state index in [0.29, 0.717) is 37.6 Å². The maximum Gasteiger partial charge on any atom is 0.275 e. The summed E-state index contributed by atoms with van der Waals surface area (Å²) in [5, 5.41) is 14.7. The fraction of sp³-hybridized carbons (Fsp3) is 0.286. The molecule has 0 radical (unpaired) electrons. The normalized spacial score (nSPS) is 14.6. The summed E-state index contributed by atoms with van der Waals surface area (Å²) >= 11 is 0. The Morgan fingerprint density at radius 2 is 1.58 bits per heavy atom. The van der Waals surface area contributed by atoms with E-state index in [2.05, 4.69) is 4.90 Å². The Bertz CT molecular complexity index is 1510. The number of hydrogen-bond acceptors (Lipinski definition) is 6. The highest BCUT2D eigenvalue weighted by molar-refractivity contribution is 7.92. The molecule has 1 aromatic heterocycles. The SMILES string of the molecule is CN(c1ccccc1)S(=O)(=O)c1ccc(Cn2nc(C(=O)N3CCN(CCO)CC3)c3ccccc32)cc1. The zero-order valence-corrected chi connectivity index (χ0v) is 22.1. The number of sulfonamides is 1. The maximum absolute atomic E-state index is 13.4. The van der Waals surface area contributed by atoms with Gasteiger partial charge in [-0.2, -0.15) is 5.10 Å². The van der Waals surface area contributed by atoms with E-state index in [1.54, 1.807) is 60.3 Å². The zero-order valence-electron chi connectivity index (χ0n) is 21.3. The Balaban J connectivity index is 1.36. The van der Waals surface area contributed by atoms with Crippen LogP contribution in [0, 0.1) is 0 Å².